The van der Waals surface area contributed by atoms with Crippen LogP contribution in [0.15, 0.2) is 22.8 Å². The molecule has 2 heterocycles. The first-order chi connectivity index (χ1) is 9.26. The van der Waals surface area contributed by atoms with Gasteiger partial charge in [0.1, 0.15) is 5.82 Å². The summed E-state index contributed by atoms with van der Waals surface area (Å²) in [7, 11) is 0. The first-order valence-corrected chi connectivity index (χ1v) is 7.85. The van der Waals surface area contributed by atoms with Gasteiger partial charge in [0, 0.05) is 45.0 Å². The molecule has 0 radical (unpaired) electrons. The van der Waals surface area contributed by atoms with Gasteiger partial charge in [-0.1, -0.05) is 13.3 Å². The van der Waals surface area contributed by atoms with Crippen LogP contribution in [0.3, 0.4) is 0 Å². The number of hydrogen-bond donors (Lipinski definition) is 1. The zero-order valence-corrected chi connectivity index (χ0v) is 13.1. The lowest BCUT2D eigenvalue weighted by molar-refractivity contribution is 0.179. The Balaban J connectivity index is 1.94. The summed E-state index contributed by atoms with van der Waals surface area (Å²) in [5.74, 6) is 1.06. The fourth-order valence-corrected chi connectivity index (χ4v) is 3.20. The van der Waals surface area contributed by atoms with Crippen molar-refractivity contribution in [3.05, 3.63) is 22.8 Å². The van der Waals surface area contributed by atoms with Gasteiger partial charge in [0.15, 0.2) is 0 Å². The predicted molar refractivity (Wildman–Crippen MR) is 83.5 cm³/mol. The summed E-state index contributed by atoms with van der Waals surface area (Å²) in [6.45, 7) is 7.19. The maximum atomic E-state index is 5.88. The van der Waals surface area contributed by atoms with E-state index >= 15 is 0 Å². The Morgan fingerprint density at radius 3 is 2.68 bits per heavy atom. The van der Waals surface area contributed by atoms with E-state index in [0.717, 1.165) is 43.0 Å². The normalized spacial score (nSPS) is 18.6. The molecule has 0 bridgehead atoms. The van der Waals surface area contributed by atoms with Crippen molar-refractivity contribution >= 4 is 21.7 Å². The zero-order valence-electron chi connectivity index (χ0n) is 11.6. The van der Waals surface area contributed by atoms with Gasteiger partial charge in [-0.05, 0) is 34.5 Å². The van der Waals surface area contributed by atoms with Gasteiger partial charge < -0.3 is 10.6 Å². The van der Waals surface area contributed by atoms with Gasteiger partial charge in [-0.3, -0.25) is 4.90 Å². The monoisotopic (exact) mass is 326 g/mol. The molecular formula is C14H23BrN4. The van der Waals surface area contributed by atoms with Crippen molar-refractivity contribution < 1.29 is 0 Å². The van der Waals surface area contributed by atoms with Crippen molar-refractivity contribution in [2.75, 3.05) is 37.6 Å². The maximum absolute atomic E-state index is 5.88. The van der Waals surface area contributed by atoms with E-state index in [1.807, 2.05) is 12.3 Å². The molecule has 0 aromatic carbocycles. The van der Waals surface area contributed by atoms with Crippen molar-refractivity contribution in [2.45, 2.75) is 25.8 Å². The molecule has 1 aromatic rings. The number of aromatic nitrogens is 1. The minimum absolute atomic E-state index is 0.541. The molecule has 106 valence electrons. The standard InChI is InChI=1S/C14H23BrN4/c1-2-4-12(11-16)18-7-9-19(10-8-18)14-13(15)5-3-6-17-14/h3,5-6,12H,2,4,7-11,16H2,1H3. The Bertz CT molecular complexity index is 391. The average Bonchev–Trinajstić information content (AvgIpc) is 2.46. The van der Waals surface area contributed by atoms with Gasteiger partial charge in [0.25, 0.3) is 0 Å². The van der Waals surface area contributed by atoms with Crippen LogP contribution in [0.1, 0.15) is 19.8 Å². The molecule has 19 heavy (non-hydrogen) atoms. The molecule has 4 nitrogen and oxygen atoms in total. The van der Waals surface area contributed by atoms with Crippen LogP contribution in [-0.2, 0) is 0 Å². The highest BCUT2D eigenvalue weighted by Gasteiger charge is 2.23. The molecule has 0 spiro atoms. The molecule has 1 saturated heterocycles. The van der Waals surface area contributed by atoms with Gasteiger partial charge in [0.05, 0.1) is 4.47 Å². The lowest BCUT2D eigenvalue weighted by Gasteiger charge is -2.39. The molecule has 2 rings (SSSR count). The largest absolute Gasteiger partial charge is 0.353 e. The number of piperazine rings is 1. The molecule has 5 heteroatoms. The van der Waals surface area contributed by atoms with Crippen LogP contribution in [-0.4, -0.2) is 48.6 Å². The van der Waals surface area contributed by atoms with Gasteiger partial charge in [-0.25, -0.2) is 4.98 Å². The van der Waals surface area contributed by atoms with E-state index in [1.54, 1.807) is 0 Å². The van der Waals surface area contributed by atoms with Crippen LogP contribution < -0.4 is 10.6 Å². The maximum Gasteiger partial charge on any atom is 0.142 e. The fourth-order valence-electron chi connectivity index (χ4n) is 2.69. The summed E-state index contributed by atoms with van der Waals surface area (Å²) in [5, 5.41) is 0. The lowest BCUT2D eigenvalue weighted by atomic mass is 10.1. The lowest BCUT2D eigenvalue weighted by Crippen LogP contribution is -2.52. The van der Waals surface area contributed by atoms with Gasteiger partial charge in [-0.2, -0.15) is 0 Å². The van der Waals surface area contributed by atoms with Gasteiger partial charge >= 0.3 is 0 Å². The smallest absolute Gasteiger partial charge is 0.142 e. The van der Waals surface area contributed by atoms with E-state index in [1.165, 1.54) is 12.8 Å². The summed E-state index contributed by atoms with van der Waals surface area (Å²) in [6.07, 6.45) is 4.25. The number of nitrogens with two attached hydrogens (primary N) is 1. The first-order valence-electron chi connectivity index (χ1n) is 7.05. The molecule has 1 unspecified atom stereocenters. The Labute approximate surface area is 124 Å². The number of halogens is 1. The quantitative estimate of drug-likeness (QED) is 0.900. The van der Waals surface area contributed by atoms with E-state index in [2.05, 4.69) is 43.7 Å². The van der Waals surface area contributed by atoms with E-state index in [0.29, 0.717) is 6.04 Å². The van der Waals surface area contributed by atoms with E-state index in [9.17, 15) is 0 Å². The molecule has 2 N–H and O–H groups in total. The molecule has 1 aliphatic heterocycles. The number of pyridine rings is 1. The molecule has 0 saturated carbocycles. The van der Waals surface area contributed by atoms with Crippen molar-refractivity contribution in [2.24, 2.45) is 5.73 Å². The molecular weight excluding hydrogens is 304 g/mol. The Morgan fingerprint density at radius 1 is 1.37 bits per heavy atom. The number of nitrogens with zero attached hydrogens (tertiary/aromatic N) is 3. The van der Waals surface area contributed by atoms with Crippen molar-refractivity contribution in [1.82, 2.24) is 9.88 Å². The molecule has 0 aliphatic carbocycles. The second-order valence-electron chi connectivity index (χ2n) is 5.01. The molecule has 1 aromatic heterocycles. The molecule has 1 aliphatic rings. The van der Waals surface area contributed by atoms with E-state index < -0.39 is 0 Å². The van der Waals surface area contributed by atoms with Crippen LogP contribution in [0.25, 0.3) is 0 Å². The highest BCUT2D eigenvalue weighted by Crippen LogP contribution is 2.24. The fraction of sp³-hybridized carbons (Fsp3) is 0.643. The molecule has 1 fully saturated rings. The summed E-state index contributed by atoms with van der Waals surface area (Å²) in [6, 6.07) is 4.55. The topological polar surface area (TPSA) is 45.4 Å². The van der Waals surface area contributed by atoms with Crippen LogP contribution in [0, 0.1) is 0 Å². The van der Waals surface area contributed by atoms with Crippen molar-refractivity contribution in [3.8, 4) is 0 Å². The second-order valence-corrected chi connectivity index (χ2v) is 5.86. The minimum Gasteiger partial charge on any atom is -0.353 e. The third-order valence-corrected chi connectivity index (χ3v) is 4.38. The van der Waals surface area contributed by atoms with E-state index in [4.69, 9.17) is 5.73 Å². The molecule has 0 amide bonds. The highest BCUT2D eigenvalue weighted by molar-refractivity contribution is 9.10. The average molecular weight is 327 g/mol. The number of anilines is 1. The highest BCUT2D eigenvalue weighted by atomic mass is 79.9. The van der Waals surface area contributed by atoms with Crippen LogP contribution >= 0.6 is 15.9 Å². The second kappa shape index (κ2) is 7.22. The number of rotatable bonds is 5. The summed E-state index contributed by atoms with van der Waals surface area (Å²) >= 11 is 3.58. The van der Waals surface area contributed by atoms with Crippen molar-refractivity contribution in [1.29, 1.82) is 0 Å². The summed E-state index contributed by atoms with van der Waals surface area (Å²) in [5.41, 5.74) is 5.88. The van der Waals surface area contributed by atoms with Crippen LogP contribution in [0.5, 0.6) is 0 Å². The first kappa shape index (κ1) is 14.8. The Morgan fingerprint density at radius 2 is 2.11 bits per heavy atom. The summed E-state index contributed by atoms with van der Waals surface area (Å²) in [4.78, 5) is 9.34. The summed E-state index contributed by atoms with van der Waals surface area (Å²) < 4.78 is 1.08. The number of hydrogen-bond acceptors (Lipinski definition) is 4. The predicted octanol–water partition coefficient (Wildman–Crippen LogP) is 2.09. The van der Waals surface area contributed by atoms with Crippen molar-refractivity contribution in [3.63, 3.8) is 0 Å². The minimum atomic E-state index is 0.541. The van der Waals surface area contributed by atoms with Crippen LogP contribution in [0.2, 0.25) is 0 Å². The third kappa shape index (κ3) is 3.68. The van der Waals surface area contributed by atoms with Crippen LogP contribution in [0.4, 0.5) is 5.82 Å². The van der Waals surface area contributed by atoms with Gasteiger partial charge in [-0.15, -0.1) is 0 Å². The van der Waals surface area contributed by atoms with Gasteiger partial charge in [0.2, 0.25) is 0 Å². The van der Waals surface area contributed by atoms with E-state index in [-0.39, 0.29) is 0 Å². The Kier molecular flexibility index (Phi) is 5.60. The zero-order chi connectivity index (χ0) is 13.7. The Hall–Kier alpha value is -0.650. The third-order valence-electron chi connectivity index (χ3n) is 3.76. The molecule has 1 atom stereocenters. The SMILES string of the molecule is CCCC(CN)N1CCN(c2ncccc2Br)CC1.